The third kappa shape index (κ3) is 19.1. The number of aromatic nitrogens is 8. The molecule has 4 N–H and O–H groups in total. The number of ether oxygens (including phenoxy) is 3. The van der Waals surface area contributed by atoms with Crippen LogP contribution in [0.4, 0.5) is 0 Å². The van der Waals surface area contributed by atoms with Crippen molar-refractivity contribution in [1.82, 2.24) is 45.2 Å². The Balaban J connectivity index is 0.000000315. The van der Waals surface area contributed by atoms with Gasteiger partial charge in [-0.3, -0.25) is 9.59 Å². The fraction of sp³-hybridized carbons (Fsp3) is 0.223. The monoisotopic (exact) mass is 1950 g/mol. The van der Waals surface area contributed by atoms with Crippen LogP contribution in [0.5, 0.6) is 0 Å². The van der Waals surface area contributed by atoms with Crippen LogP contribution < -0.4 is 31.0 Å². The van der Waals surface area contributed by atoms with E-state index in [1.165, 1.54) is 5.57 Å². The van der Waals surface area contributed by atoms with Gasteiger partial charge in [-0.25, -0.2) is 29.5 Å². The van der Waals surface area contributed by atoms with Crippen LogP contribution in [0.2, 0.25) is 0 Å². The molecule has 20 heteroatoms. The van der Waals surface area contributed by atoms with Gasteiger partial charge >= 0.3 is 56.9 Å². The number of hydrogen-bond acceptors (Lipinski definition) is 14. The smallest absolute Gasteiger partial charge is 0.657 e. The summed E-state index contributed by atoms with van der Waals surface area (Å²) in [4.78, 5) is 95.1. The number of carbonyl (C=O) groups excluding carboxylic acids is 4. The number of nitrogens with one attached hydrogen (secondary N) is 1. The second-order valence-corrected chi connectivity index (χ2v) is 37.7. The Morgan fingerprint density at radius 1 is 0.390 bits per heavy atom. The molecule has 0 saturated heterocycles. The largest absolute Gasteiger partial charge is 2.00 e. The van der Waals surface area contributed by atoms with Gasteiger partial charge < -0.3 is 50.3 Å². The van der Waals surface area contributed by atoms with Gasteiger partial charge in [0, 0.05) is 11.8 Å². The molecule has 8 aromatic carbocycles. The Kier molecular flexibility index (Phi) is 28.4. The van der Waals surface area contributed by atoms with Crippen LogP contribution in [0.1, 0.15) is 164 Å². The summed E-state index contributed by atoms with van der Waals surface area (Å²) in [5.74, 6) is 0.693. The van der Waals surface area contributed by atoms with Crippen molar-refractivity contribution in [2.45, 2.75) is 110 Å². The molecule has 4 aliphatic carbocycles. The first kappa shape index (κ1) is 95.8. The number of benzene rings is 8. The van der Waals surface area contributed by atoms with Gasteiger partial charge in [-0.15, -0.1) is 44.1 Å². The Morgan fingerprint density at radius 2 is 0.695 bits per heavy atom. The van der Waals surface area contributed by atoms with Gasteiger partial charge in [0.1, 0.15) is 11.7 Å². The number of carbonyl (C=O) groups is 4. The molecule has 0 radical (unpaired) electrons. The van der Waals surface area contributed by atoms with E-state index in [-0.39, 0.29) is 75.5 Å². The van der Waals surface area contributed by atoms with Crippen molar-refractivity contribution in [2.24, 2.45) is 34.3 Å². The third-order valence-electron chi connectivity index (χ3n) is 29.7. The maximum Gasteiger partial charge on any atom is 2.00 e. The number of esters is 3. The van der Waals surface area contributed by atoms with Crippen LogP contribution in [-0.2, 0) is 62.8 Å². The molecule has 6 aromatic heterocycles. The molecule has 16 bridgehead atoms. The van der Waals surface area contributed by atoms with E-state index in [2.05, 4.69) is 141 Å². The number of nitrogens with two attached hydrogens (primary N) is 1. The first-order valence-corrected chi connectivity index (χ1v) is 48.6. The van der Waals surface area contributed by atoms with E-state index in [1.54, 1.807) is 24.3 Å². The van der Waals surface area contributed by atoms with Gasteiger partial charge in [0.25, 0.3) is 0 Å². The zero-order chi connectivity index (χ0) is 94.7. The van der Waals surface area contributed by atoms with E-state index >= 15 is 0 Å². The fourth-order valence-corrected chi connectivity index (χ4v) is 22.6. The first-order valence-electron chi connectivity index (χ1n) is 48.6. The van der Waals surface area contributed by atoms with Crippen LogP contribution >= 0.6 is 0 Å². The van der Waals surface area contributed by atoms with Crippen LogP contribution in [-0.4, -0.2) is 93.3 Å². The SMILES string of the molecule is C[C@@H](OC(=O)CNCCCN)[C@@]1(O)CC[C@H]2[C@@H]3CCC4=CC(=O)CC[C@]4(C)[C@H]3CC[C@@]21C.O=C(OCCCCCOC(=O)c1ccc(-c2c3nc(c(-c4ccccc4)c4ccc([n-]4)c(-c4ccccc4)c4nc(c(-c5ccccc5)c5ccc2[n-]5)C=C4)C=C3)cc1)c1ccc(-c2c3nc(c(-c4ccccc4)c4ccc([n-]4)c(-c4ccccc4)c4nc(c(-c5ccccc5)c5ccc2[n-]5)C=C4)C=C3)cc1.[Zn+2].[Zn+2]. The number of nitrogens with zero attached hydrogens (tertiary/aromatic N) is 8. The fourth-order valence-electron chi connectivity index (χ4n) is 22.6. The Bertz CT molecular complexity index is 7140. The van der Waals surface area contributed by atoms with E-state index < -0.39 is 23.6 Å². The Hall–Kier alpha value is -14.1. The summed E-state index contributed by atoms with van der Waals surface area (Å²) in [6.45, 7) is 8.31. The second-order valence-electron chi connectivity index (χ2n) is 37.7. The standard InChI is InChI=1S/C95H66N8O4.C26H42N2O4.2Zn/c104-94(68-38-34-66(35-39-68)92-82-54-50-78(100-82)88(62-26-12-3-13-27-62)74-46-42-70(96-74)86(60-22-8-1-9-23-60)71-43-47-75(97-71)89(63-28-14-4-15-29-63)79-51-55-83(92)101-79)106-58-20-7-21-59-107-95(105)69-40-36-67(37-41-69)93-84-56-52-80(102-84)90(64-30-16-5-17-31-64)76-48-44-72(98-76)87(61-24-10-2-11-25-61)73-45-49-77(99-73)91(65-32-18-6-19-33-65)81-53-57-85(93)103-81;1-17(32-23(30)16-28-14-4-13-27)26(31)12-9-22-20-6-5-18-15-19(29)7-10-24(18,2)21(20)8-11-25(22,26)3;;/h1-6,8-19,22-57H,7,20-21,58-59H2,(H2-2,96,97,98,99,100,101,102,103,104,105);15,17,20-22,28,31H,4-14,16,27H2,1-3H3;;/q-2;;2*+2/p-2/t;17-,20-,21+,22+,24+,25+,26+;;/m.1../s1. The quantitative estimate of drug-likeness (QED) is 0.0233. The van der Waals surface area contributed by atoms with Gasteiger partial charge in [-0.1, -0.05) is 274 Å². The molecule has 3 saturated carbocycles. The van der Waals surface area contributed by atoms with Gasteiger partial charge in [0.15, 0.2) is 5.78 Å². The Morgan fingerprint density at radius 3 is 1.01 bits per heavy atom. The van der Waals surface area contributed by atoms with Crippen molar-refractivity contribution in [1.29, 1.82) is 0 Å². The molecule has 18 nitrogen and oxygen atoms in total. The van der Waals surface area contributed by atoms with Crippen molar-refractivity contribution in [3.63, 3.8) is 0 Å². The average Bonchev–Trinajstić information content (AvgIpc) is 1.56. The molecule has 4 aliphatic heterocycles. The minimum absolute atomic E-state index is 0. The number of allylic oxidation sites excluding steroid dienone is 1. The predicted molar refractivity (Wildman–Crippen MR) is 555 cm³/mol. The Labute approximate surface area is 845 Å². The van der Waals surface area contributed by atoms with Crippen molar-refractivity contribution in [3.8, 4) is 89.0 Å². The minimum atomic E-state index is -0.991. The predicted octanol–water partition coefficient (Wildman–Crippen LogP) is 24.8. The molecule has 692 valence electrons. The van der Waals surface area contributed by atoms with Crippen molar-refractivity contribution in [2.75, 3.05) is 32.8 Å². The molecule has 7 atom stereocenters. The third-order valence-corrected chi connectivity index (χ3v) is 29.7. The van der Waals surface area contributed by atoms with E-state index in [9.17, 15) is 24.3 Å². The van der Waals surface area contributed by atoms with Crippen molar-refractivity contribution in [3.05, 3.63) is 347 Å². The summed E-state index contributed by atoms with van der Waals surface area (Å²) in [7, 11) is 0. The second kappa shape index (κ2) is 41.8. The van der Waals surface area contributed by atoms with Gasteiger partial charge in [-0.2, -0.15) is 0 Å². The molecule has 0 unspecified atom stereocenters. The average molecular weight is 1960 g/mol. The molecular weight excluding hydrogens is 1850 g/mol. The molecule has 0 amide bonds. The van der Waals surface area contributed by atoms with E-state index in [0.717, 1.165) is 201 Å². The van der Waals surface area contributed by atoms with E-state index in [1.807, 2.05) is 195 Å². The van der Waals surface area contributed by atoms with Crippen molar-refractivity contribution >= 4 is 116 Å². The summed E-state index contributed by atoms with van der Waals surface area (Å²) < 4.78 is 17.5. The summed E-state index contributed by atoms with van der Waals surface area (Å²) in [5, 5.41) is 15.0. The molecular formula is C121H106N10O8Zn2. The summed E-state index contributed by atoms with van der Waals surface area (Å²) >= 11 is 0. The maximum atomic E-state index is 13.8. The topological polar surface area (TPSA) is 262 Å². The van der Waals surface area contributed by atoms with Gasteiger partial charge in [0.2, 0.25) is 0 Å². The molecule has 0 spiro atoms. The van der Waals surface area contributed by atoms with Gasteiger partial charge in [0.05, 0.1) is 76.4 Å². The summed E-state index contributed by atoms with van der Waals surface area (Å²) in [6, 6.07) is 92.8. The summed E-state index contributed by atoms with van der Waals surface area (Å²) in [6.07, 6.45) is 27.9. The number of rotatable bonds is 23. The van der Waals surface area contributed by atoms with Crippen LogP contribution in [0.25, 0.3) is 182 Å². The number of unbranched alkanes of at least 4 members (excludes halogenated alkanes) is 2. The molecule has 10 heterocycles. The molecule has 22 rings (SSSR count). The number of hydrogen-bond donors (Lipinski definition) is 3. The normalized spacial score (nSPS) is 18.6. The molecule has 8 aliphatic rings. The van der Waals surface area contributed by atoms with Crippen LogP contribution in [0.3, 0.4) is 0 Å². The first-order chi connectivity index (χ1) is 68.0. The summed E-state index contributed by atoms with van der Waals surface area (Å²) in [5.41, 5.74) is 33.3. The number of ketones is 1. The molecule has 141 heavy (non-hydrogen) atoms. The van der Waals surface area contributed by atoms with Crippen LogP contribution in [0.15, 0.2) is 291 Å². The van der Waals surface area contributed by atoms with E-state index in [0.29, 0.717) is 102 Å². The molecule has 3 fully saturated rings. The number of fused-ring (bicyclic) bond motifs is 21. The zero-order valence-corrected chi connectivity index (χ0v) is 85.4. The van der Waals surface area contributed by atoms with Crippen LogP contribution in [0, 0.1) is 28.6 Å². The number of aliphatic hydroxyl groups is 1. The minimum Gasteiger partial charge on any atom is -0.657 e. The molecule has 14 aromatic rings. The van der Waals surface area contributed by atoms with Gasteiger partial charge in [-0.05, 0) is 282 Å². The van der Waals surface area contributed by atoms with Crippen molar-refractivity contribution < 1.29 is 77.5 Å². The maximum absolute atomic E-state index is 13.8. The van der Waals surface area contributed by atoms with E-state index in [4.69, 9.17) is 59.8 Å². The zero-order valence-electron chi connectivity index (χ0n) is 79.5.